The average molecular weight is 302 g/mol. The van der Waals surface area contributed by atoms with Gasteiger partial charge in [0.25, 0.3) is 0 Å². The highest BCUT2D eigenvalue weighted by atomic mass is 16.5. The van der Waals surface area contributed by atoms with Crippen LogP contribution in [0.15, 0.2) is 30.3 Å². The molecule has 1 aromatic carbocycles. The Morgan fingerprint density at radius 2 is 2.14 bits per heavy atom. The third-order valence-electron chi connectivity index (χ3n) is 3.40. The molecule has 1 aromatic rings. The third-order valence-corrected chi connectivity index (χ3v) is 3.40. The first kappa shape index (κ1) is 17.7. The minimum atomic E-state index is -0.529. The number of nitriles is 1. The molecule has 118 valence electrons. The molecule has 1 amide bonds. The molecule has 5 nitrogen and oxygen atoms in total. The molecule has 5 heteroatoms. The number of benzene rings is 1. The summed E-state index contributed by atoms with van der Waals surface area (Å²) in [5, 5.41) is 20.9. The second-order valence-electron chi connectivity index (χ2n) is 5.05. The summed E-state index contributed by atoms with van der Waals surface area (Å²) in [6.45, 7) is 4.21. The minimum Gasteiger partial charge on any atom is -0.479 e. The lowest BCUT2D eigenvalue weighted by Gasteiger charge is -2.16. The van der Waals surface area contributed by atoms with Gasteiger partial charge in [-0.05, 0) is 29.7 Å². The Morgan fingerprint density at radius 3 is 2.73 bits per heavy atom. The van der Waals surface area contributed by atoms with E-state index in [9.17, 15) is 9.90 Å². The van der Waals surface area contributed by atoms with E-state index in [-0.39, 0.29) is 25.0 Å². The van der Waals surface area contributed by atoms with Crippen molar-refractivity contribution < 1.29 is 14.6 Å². The number of hydrogen-bond donors (Lipinski definition) is 2. The van der Waals surface area contributed by atoms with Crippen LogP contribution in [-0.4, -0.2) is 30.3 Å². The van der Waals surface area contributed by atoms with Crippen LogP contribution < -0.4 is 10.1 Å². The normalized spacial score (nSPS) is 13.4. The zero-order chi connectivity index (χ0) is 16.4. The number of nitrogens with zero attached hydrogens (tertiary/aromatic N) is 1. The van der Waals surface area contributed by atoms with Gasteiger partial charge in [0.15, 0.2) is 6.61 Å². The Kier molecular flexibility index (Phi) is 7.73. The lowest BCUT2D eigenvalue weighted by molar-refractivity contribution is -0.117. The van der Waals surface area contributed by atoms with Crippen LogP contribution in [0, 0.1) is 17.2 Å². The number of aliphatic hydroxyl groups excluding tert-OH is 1. The predicted molar refractivity (Wildman–Crippen MR) is 85.1 cm³/mol. The van der Waals surface area contributed by atoms with Gasteiger partial charge in [-0.25, -0.2) is 0 Å². The van der Waals surface area contributed by atoms with Crippen molar-refractivity contribution in [3.8, 4) is 11.8 Å². The first-order valence-electron chi connectivity index (χ1n) is 7.30. The van der Waals surface area contributed by atoms with Gasteiger partial charge >= 0.3 is 0 Å². The van der Waals surface area contributed by atoms with Crippen molar-refractivity contribution in [2.75, 3.05) is 13.2 Å². The lowest BCUT2D eigenvalue weighted by atomic mass is 10.0. The fourth-order valence-electron chi connectivity index (χ4n) is 1.70. The number of nitrogens with one attached hydrogen (secondary N) is 1. The van der Waals surface area contributed by atoms with Gasteiger partial charge < -0.3 is 15.2 Å². The van der Waals surface area contributed by atoms with Gasteiger partial charge in [-0.2, -0.15) is 5.26 Å². The van der Waals surface area contributed by atoms with Crippen molar-refractivity contribution in [1.29, 1.82) is 5.26 Å². The van der Waals surface area contributed by atoms with Crippen LogP contribution in [0.3, 0.4) is 0 Å². The summed E-state index contributed by atoms with van der Waals surface area (Å²) in [6, 6.07) is 8.96. The quantitative estimate of drug-likeness (QED) is 0.721. The van der Waals surface area contributed by atoms with E-state index in [0.29, 0.717) is 5.75 Å². The van der Waals surface area contributed by atoms with Crippen molar-refractivity contribution in [3.05, 3.63) is 35.9 Å². The molecule has 0 heterocycles. The molecule has 2 unspecified atom stereocenters. The van der Waals surface area contributed by atoms with Crippen LogP contribution in [-0.2, 0) is 4.79 Å². The van der Waals surface area contributed by atoms with Crippen molar-refractivity contribution in [2.24, 2.45) is 5.92 Å². The maximum Gasteiger partial charge on any atom is 0.244 e. The molecule has 0 saturated carbocycles. The lowest BCUT2D eigenvalue weighted by Crippen LogP contribution is -2.34. The summed E-state index contributed by atoms with van der Waals surface area (Å²) < 4.78 is 5.14. The molecule has 0 bridgehead atoms. The van der Waals surface area contributed by atoms with Crippen molar-refractivity contribution >= 4 is 12.0 Å². The van der Waals surface area contributed by atoms with Gasteiger partial charge in [-0.1, -0.05) is 32.4 Å². The van der Waals surface area contributed by atoms with E-state index in [2.05, 4.69) is 5.32 Å². The van der Waals surface area contributed by atoms with Gasteiger partial charge in [0, 0.05) is 12.6 Å². The second kappa shape index (κ2) is 9.59. The molecular formula is C17H22N2O3. The number of hydrogen-bond acceptors (Lipinski definition) is 4. The van der Waals surface area contributed by atoms with Gasteiger partial charge in [-0.3, -0.25) is 4.79 Å². The molecule has 2 atom stereocenters. The summed E-state index contributed by atoms with van der Waals surface area (Å²) in [6.07, 6.45) is 3.44. The smallest absolute Gasteiger partial charge is 0.244 e. The Balaban J connectivity index is 2.43. The van der Waals surface area contributed by atoms with Gasteiger partial charge in [0.2, 0.25) is 5.91 Å². The first-order chi connectivity index (χ1) is 10.6. The molecule has 0 aliphatic rings. The Morgan fingerprint density at radius 1 is 1.45 bits per heavy atom. The number of aliphatic hydroxyl groups is 1. The highest BCUT2D eigenvalue weighted by Gasteiger charge is 2.12. The van der Waals surface area contributed by atoms with E-state index in [1.807, 2.05) is 19.9 Å². The van der Waals surface area contributed by atoms with E-state index in [4.69, 9.17) is 10.00 Å². The zero-order valence-corrected chi connectivity index (χ0v) is 13.0. The van der Waals surface area contributed by atoms with Gasteiger partial charge in [-0.15, -0.1) is 0 Å². The summed E-state index contributed by atoms with van der Waals surface area (Å²) in [5.74, 6) is 0.525. The molecule has 0 aliphatic heterocycles. The third kappa shape index (κ3) is 6.42. The van der Waals surface area contributed by atoms with Crippen molar-refractivity contribution in [2.45, 2.75) is 26.4 Å². The van der Waals surface area contributed by atoms with E-state index in [1.165, 1.54) is 6.08 Å². The van der Waals surface area contributed by atoms with E-state index in [0.717, 1.165) is 12.0 Å². The minimum absolute atomic E-state index is 0.0100. The molecule has 0 fully saturated rings. The Bertz CT molecular complexity index is 532. The average Bonchev–Trinajstić information content (AvgIpc) is 2.55. The van der Waals surface area contributed by atoms with Crippen LogP contribution >= 0.6 is 0 Å². The molecule has 0 aliphatic carbocycles. The summed E-state index contributed by atoms with van der Waals surface area (Å²) in [4.78, 5) is 11.7. The maximum atomic E-state index is 11.7. The van der Waals surface area contributed by atoms with Crippen LogP contribution in [0.25, 0.3) is 6.08 Å². The molecule has 1 rings (SSSR count). The zero-order valence-electron chi connectivity index (χ0n) is 13.0. The molecule has 2 N–H and O–H groups in total. The topological polar surface area (TPSA) is 82.3 Å². The molecule has 22 heavy (non-hydrogen) atoms. The fraction of sp³-hybridized carbons (Fsp3) is 0.412. The standard InChI is InChI=1S/C17H22N2O3/c1-3-13(2)16(20)12-19-17(21)9-6-14-4-7-15(8-5-14)22-11-10-18/h4-9,13,16,20H,3,11-12H2,1-2H3,(H,19,21)/b9-6+. The van der Waals surface area contributed by atoms with E-state index in [1.54, 1.807) is 30.3 Å². The van der Waals surface area contributed by atoms with Gasteiger partial charge in [0.05, 0.1) is 6.10 Å². The van der Waals surface area contributed by atoms with E-state index >= 15 is 0 Å². The van der Waals surface area contributed by atoms with Crippen molar-refractivity contribution in [1.82, 2.24) is 5.32 Å². The SMILES string of the molecule is CCC(C)C(O)CNC(=O)/C=C/c1ccc(OCC#N)cc1. The van der Waals surface area contributed by atoms with Crippen LogP contribution in [0.5, 0.6) is 5.75 Å². The Hall–Kier alpha value is -2.32. The number of rotatable bonds is 8. The number of amides is 1. The second-order valence-corrected chi connectivity index (χ2v) is 5.05. The Labute approximate surface area is 131 Å². The van der Waals surface area contributed by atoms with Gasteiger partial charge in [0.1, 0.15) is 11.8 Å². The molecular weight excluding hydrogens is 280 g/mol. The molecule has 0 aromatic heterocycles. The fourth-order valence-corrected chi connectivity index (χ4v) is 1.70. The number of carbonyl (C=O) groups excluding carboxylic acids is 1. The first-order valence-corrected chi connectivity index (χ1v) is 7.30. The molecule has 0 saturated heterocycles. The highest BCUT2D eigenvalue weighted by molar-refractivity contribution is 5.91. The monoisotopic (exact) mass is 302 g/mol. The van der Waals surface area contributed by atoms with Crippen molar-refractivity contribution in [3.63, 3.8) is 0 Å². The maximum absolute atomic E-state index is 11.7. The van der Waals surface area contributed by atoms with Crippen LogP contribution in [0.4, 0.5) is 0 Å². The number of ether oxygens (including phenoxy) is 1. The summed E-state index contributed by atoms with van der Waals surface area (Å²) in [7, 11) is 0. The van der Waals surface area contributed by atoms with E-state index < -0.39 is 6.10 Å². The van der Waals surface area contributed by atoms with Crippen LogP contribution in [0.2, 0.25) is 0 Å². The van der Waals surface area contributed by atoms with Crippen LogP contribution in [0.1, 0.15) is 25.8 Å². The molecule has 0 spiro atoms. The largest absolute Gasteiger partial charge is 0.479 e. The summed E-state index contributed by atoms with van der Waals surface area (Å²) >= 11 is 0. The highest BCUT2D eigenvalue weighted by Crippen LogP contribution is 2.13. The predicted octanol–water partition coefficient (Wildman–Crippen LogP) is 2.13. The summed E-state index contributed by atoms with van der Waals surface area (Å²) in [5.41, 5.74) is 0.849. The number of carbonyl (C=O) groups is 1. The molecule has 0 radical (unpaired) electrons.